The minimum atomic E-state index is -0.611. The lowest BCUT2D eigenvalue weighted by Gasteiger charge is -2.14. The highest BCUT2D eigenvalue weighted by atomic mass is 35.5. The molecular formula is C16H14Cl4N2O3. The summed E-state index contributed by atoms with van der Waals surface area (Å²) in [5.41, 5.74) is 0.253. The summed E-state index contributed by atoms with van der Waals surface area (Å²) in [5.74, 6) is 0.439. The van der Waals surface area contributed by atoms with E-state index < -0.39 is 5.91 Å². The van der Waals surface area contributed by atoms with Crippen molar-refractivity contribution in [2.75, 3.05) is 18.5 Å². The van der Waals surface area contributed by atoms with Crippen molar-refractivity contribution in [1.82, 2.24) is 4.98 Å². The van der Waals surface area contributed by atoms with Gasteiger partial charge in [0.1, 0.15) is 22.3 Å². The second kappa shape index (κ2) is 8.81. The summed E-state index contributed by atoms with van der Waals surface area (Å²) in [4.78, 5) is 16.5. The van der Waals surface area contributed by atoms with E-state index in [9.17, 15) is 4.79 Å². The number of anilines is 1. The standard InChI is InChI=1S/C16H14Cl4N2O3/c1-3-24-8-5-6-10(25-4-2)9(7-8)21-16(23)14-12(18)11(17)13(19)15(20)22-14/h5-7H,3-4H2,1-2H3,(H,21,23). The molecule has 25 heavy (non-hydrogen) atoms. The van der Waals surface area contributed by atoms with Crippen LogP contribution in [0.3, 0.4) is 0 Å². The topological polar surface area (TPSA) is 60.5 Å². The van der Waals surface area contributed by atoms with E-state index in [0.29, 0.717) is 30.4 Å². The van der Waals surface area contributed by atoms with E-state index in [4.69, 9.17) is 55.9 Å². The number of aromatic nitrogens is 1. The molecule has 1 amide bonds. The number of hydrogen-bond acceptors (Lipinski definition) is 4. The molecule has 1 aromatic heterocycles. The first-order chi connectivity index (χ1) is 11.9. The molecule has 5 nitrogen and oxygen atoms in total. The number of carbonyl (C=O) groups excluding carboxylic acids is 1. The fourth-order valence-corrected chi connectivity index (χ4v) is 2.78. The van der Waals surface area contributed by atoms with Crippen molar-refractivity contribution in [3.05, 3.63) is 44.1 Å². The molecular weight excluding hydrogens is 410 g/mol. The quantitative estimate of drug-likeness (QED) is 0.601. The Morgan fingerprint density at radius 1 is 1.04 bits per heavy atom. The molecule has 1 N–H and O–H groups in total. The summed E-state index contributed by atoms with van der Waals surface area (Å²) >= 11 is 23.8. The van der Waals surface area contributed by atoms with Gasteiger partial charge in [-0.3, -0.25) is 4.79 Å². The number of rotatable bonds is 6. The van der Waals surface area contributed by atoms with Crippen LogP contribution in [0, 0.1) is 0 Å². The predicted octanol–water partition coefficient (Wildman–Crippen LogP) is 5.74. The zero-order valence-corrected chi connectivity index (χ0v) is 16.4. The highest BCUT2D eigenvalue weighted by molar-refractivity contribution is 6.52. The van der Waals surface area contributed by atoms with E-state index in [-0.39, 0.29) is 25.9 Å². The van der Waals surface area contributed by atoms with Crippen LogP contribution in [0.2, 0.25) is 20.2 Å². The molecule has 1 heterocycles. The van der Waals surface area contributed by atoms with E-state index in [1.54, 1.807) is 18.2 Å². The van der Waals surface area contributed by atoms with Crippen LogP contribution in [-0.2, 0) is 0 Å². The highest BCUT2D eigenvalue weighted by Gasteiger charge is 2.21. The first kappa shape index (κ1) is 19.9. The Morgan fingerprint density at radius 3 is 2.36 bits per heavy atom. The zero-order chi connectivity index (χ0) is 18.6. The lowest BCUT2D eigenvalue weighted by molar-refractivity contribution is 0.102. The van der Waals surface area contributed by atoms with Crippen molar-refractivity contribution in [2.24, 2.45) is 0 Å². The molecule has 0 saturated carbocycles. The van der Waals surface area contributed by atoms with Gasteiger partial charge in [0.05, 0.1) is 34.0 Å². The molecule has 134 valence electrons. The Kier molecular flexibility index (Phi) is 7.02. The number of hydrogen-bond donors (Lipinski definition) is 1. The van der Waals surface area contributed by atoms with Gasteiger partial charge in [-0.2, -0.15) is 0 Å². The highest BCUT2D eigenvalue weighted by Crippen LogP contribution is 2.37. The molecule has 1 aromatic carbocycles. The fourth-order valence-electron chi connectivity index (χ4n) is 1.96. The second-order valence-electron chi connectivity index (χ2n) is 4.67. The molecule has 9 heteroatoms. The fraction of sp³-hybridized carbons (Fsp3) is 0.250. The minimum Gasteiger partial charge on any atom is -0.494 e. The van der Waals surface area contributed by atoms with Crippen molar-refractivity contribution in [3.63, 3.8) is 0 Å². The monoisotopic (exact) mass is 422 g/mol. The van der Waals surface area contributed by atoms with Crippen LogP contribution < -0.4 is 14.8 Å². The van der Waals surface area contributed by atoms with Crippen LogP contribution in [0.1, 0.15) is 24.3 Å². The average Bonchev–Trinajstić information content (AvgIpc) is 2.58. The minimum absolute atomic E-state index is 0.0155. The van der Waals surface area contributed by atoms with Crippen molar-refractivity contribution in [2.45, 2.75) is 13.8 Å². The van der Waals surface area contributed by atoms with Crippen LogP contribution in [0.15, 0.2) is 18.2 Å². The summed E-state index contributed by atoms with van der Waals surface area (Å²) < 4.78 is 10.9. The van der Waals surface area contributed by atoms with E-state index in [1.165, 1.54) is 0 Å². The van der Waals surface area contributed by atoms with Crippen LogP contribution in [-0.4, -0.2) is 24.1 Å². The Bertz CT molecular complexity index is 799. The second-order valence-corrected chi connectivity index (χ2v) is 6.16. The number of halogens is 4. The van der Waals surface area contributed by atoms with Crippen molar-refractivity contribution >= 4 is 58.0 Å². The Labute approximate surface area is 165 Å². The molecule has 2 aromatic rings. The van der Waals surface area contributed by atoms with Gasteiger partial charge in [-0.25, -0.2) is 4.98 Å². The first-order valence-corrected chi connectivity index (χ1v) is 8.81. The predicted molar refractivity (Wildman–Crippen MR) is 101 cm³/mol. The molecule has 0 unspecified atom stereocenters. The molecule has 0 bridgehead atoms. The first-order valence-electron chi connectivity index (χ1n) is 7.30. The van der Waals surface area contributed by atoms with Gasteiger partial charge in [0.15, 0.2) is 0 Å². The number of nitrogens with one attached hydrogen (secondary N) is 1. The molecule has 0 fully saturated rings. The van der Waals surface area contributed by atoms with Crippen molar-refractivity contribution < 1.29 is 14.3 Å². The number of carbonyl (C=O) groups is 1. The number of pyridine rings is 1. The molecule has 2 rings (SSSR count). The van der Waals surface area contributed by atoms with Crippen LogP contribution >= 0.6 is 46.4 Å². The number of ether oxygens (including phenoxy) is 2. The molecule has 0 spiro atoms. The van der Waals surface area contributed by atoms with Crippen molar-refractivity contribution in [1.29, 1.82) is 0 Å². The van der Waals surface area contributed by atoms with Crippen LogP contribution in [0.25, 0.3) is 0 Å². The molecule has 0 aliphatic heterocycles. The summed E-state index contributed by atoms with van der Waals surface area (Å²) in [7, 11) is 0. The molecule has 0 radical (unpaired) electrons. The lowest BCUT2D eigenvalue weighted by atomic mass is 10.2. The molecule has 0 atom stereocenters. The molecule has 0 saturated heterocycles. The summed E-state index contributed by atoms with van der Waals surface area (Å²) in [6.45, 7) is 4.60. The summed E-state index contributed by atoms with van der Waals surface area (Å²) in [6, 6.07) is 5.08. The van der Waals surface area contributed by atoms with Gasteiger partial charge in [0, 0.05) is 6.07 Å². The maximum atomic E-state index is 12.6. The zero-order valence-electron chi connectivity index (χ0n) is 13.3. The van der Waals surface area contributed by atoms with E-state index in [2.05, 4.69) is 10.3 Å². The van der Waals surface area contributed by atoms with Gasteiger partial charge in [-0.05, 0) is 26.0 Å². The molecule has 0 aliphatic carbocycles. The maximum absolute atomic E-state index is 12.6. The van der Waals surface area contributed by atoms with Gasteiger partial charge >= 0.3 is 0 Å². The third-order valence-corrected chi connectivity index (χ3v) is 4.69. The van der Waals surface area contributed by atoms with Gasteiger partial charge in [0.25, 0.3) is 5.91 Å². The third kappa shape index (κ3) is 4.61. The third-order valence-electron chi connectivity index (χ3n) is 3.01. The Hall–Kier alpha value is -1.40. The lowest BCUT2D eigenvalue weighted by Crippen LogP contribution is -2.16. The van der Waals surface area contributed by atoms with Gasteiger partial charge < -0.3 is 14.8 Å². The van der Waals surface area contributed by atoms with E-state index in [1.807, 2.05) is 13.8 Å². The summed E-state index contributed by atoms with van der Waals surface area (Å²) in [5, 5.41) is 2.41. The van der Waals surface area contributed by atoms with Crippen LogP contribution in [0.5, 0.6) is 11.5 Å². The van der Waals surface area contributed by atoms with Crippen molar-refractivity contribution in [3.8, 4) is 11.5 Å². The van der Waals surface area contributed by atoms with Crippen LogP contribution in [0.4, 0.5) is 5.69 Å². The van der Waals surface area contributed by atoms with Gasteiger partial charge in [-0.1, -0.05) is 46.4 Å². The summed E-state index contributed by atoms with van der Waals surface area (Å²) in [6.07, 6.45) is 0. The SMILES string of the molecule is CCOc1ccc(OCC)c(NC(=O)c2nc(Cl)c(Cl)c(Cl)c2Cl)c1. The maximum Gasteiger partial charge on any atom is 0.276 e. The Morgan fingerprint density at radius 2 is 1.72 bits per heavy atom. The number of amides is 1. The van der Waals surface area contributed by atoms with Gasteiger partial charge in [0.2, 0.25) is 0 Å². The average molecular weight is 424 g/mol. The van der Waals surface area contributed by atoms with Gasteiger partial charge in [-0.15, -0.1) is 0 Å². The molecule has 0 aliphatic rings. The Balaban J connectivity index is 2.38. The number of benzene rings is 1. The van der Waals surface area contributed by atoms with E-state index >= 15 is 0 Å². The number of nitrogens with zero attached hydrogens (tertiary/aromatic N) is 1. The van der Waals surface area contributed by atoms with E-state index in [0.717, 1.165) is 0 Å². The smallest absolute Gasteiger partial charge is 0.276 e. The normalized spacial score (nSPS) is 10.5. The largest absolute Gasteiger partial charge is 0.494 e.